The third-order valence-electron chi connectivity index (χ3n) is 4.71. The van der Waals surface area contributed by atoms with E-state index in [-0.39, 0.29) is 34.5 Å². The Balaban J connectivity index is 1.70. The summed E-state index contributed by atoms with van der Waals surface area (Å²) in [5, 5.41) is 10.9. The Bertz CT molecular complexity index is 1300. The van der Waals surface area contributed by atoms with Crippen molar-refractivity contribution in [3.63, 3.8) is 0 Å². The molecule has 3 aromatic carbocycles. The number of carbonyl (C=O) groups excluding carboxylic acids is 1. The zero-order valence-corrected chi connectivity index (χ0v) is 18.5. The number of rotatable bonds is 8. The number of sulfonamides is 1. The van der Waals surface area contributed by atoms with Gasteiger partial charge in [0.2, 0.25) is 0 Å². The van der Waals surface area contributed by atoms with Crippen molar-refractivity contribution in [2.45, 2.75) is 11.4 Å². The van der Waals surface area contributed by atoms with Gasteiger partial charge in [0.15, 0.2) is 11.6 Å². The van der Waals surface area contributed by atoms with Gasteiger partial charge in [0, 0.05) is 37.0 Å². The maximum Gasteiger partial charge on any atom is 0.270 e. The van der Waals surface area contributed by atoms with Gasteiger partial charge in [-0.25, -0.2) is 12.8 Å². The van der Waals surface area contributed by atoms with Gasteiger partial charge in [-0.1, -0.05) is 12.1 Å². The quantitative estimate of drug-likeness (QED) is 0.392. The van der Waals surface area contributed by atoms with E-state index in [4.69, 9.17) is 4.74 Å². The minimum Gasteiger partial charge on any atom is -0.494 e. The van der Waals surface area contributed by atoms with Crippen molar-refractivity contribution >= 4 is 27.3 Å². The fourth-order valence-electron chi connectivity index (χ4n) is 3.03. The summed E-state index contributed by atoms with van der Waals surface area (Å²) in [6.07, 6.45) is 0. The number of hydrogen-bond acceptors (Lipinski definition) is 6. The largest absolute Gasteiger partial charge is 0.494 e. The van der Waals surface area contributed by atoms with E-state index >= 15 is 0 Å². The molecule has 0 aliphatic heterocycles. The van der Waals surface area contributed by atoms with Crippen molar-refractivity contribution in [3.05, 3.63) is 93.8 Å². The lowest BCUT2D eigenvalue weighted by Crippen LogP contribution is -2.26. The molecule has 0 atom stereocenters. The summed E-state index contributed by atoms with van der Waals surface area (Å²) in [5.74, 6) is -0.772. The van der Waals surface area contributed by atoms with E-state index in [1.54, 1.807) is 13.1 Å². The van der Waals surface area contributed by atoms with Crippen LogP contribution in [0.2, 0.25) is 0 Å². The van der Waals surface area contributed by atoms with Crippen molar-refractivity contribution in [2.75, 3.05) is 18.9 Å². The number of anilines is 1. The number of ether oxygens (including phenoxy) is 1. The molecule has 9 nitrogen and oxygen atoms in total. The second-order valence-corrected chi connectivity index (χ2v) is 8.75. The predicted octanol–water partition coefficient (Wildman–Crippen LogP) is 3.82. The standard InChI is InChI=1S/C22H20FN3O6S/c1-25(14-15-6-11-21(32-2)20(23)12-15)22(27)16-7-9-17(10-8-16)24-33(30,31)19-5-3-4-18(13-19)26(28)29/h3-13,24H,14H2,1-2H3. The molecule has 3 aromatic rings. The summed E-state index contributed by atoms with van der Waals surface area (Å²) < 4.78 is 46.1. The van der Waals surface area contributed by atoms with Crippen molar-refractivity contribution < 1.29 is 27.3 Å². The number of nitrogens with zero attached hydrogens (tertiary/aromatic N) is 2. The van der Waals surface area contributed by atoms with Crippen LogP contribution in [0.5, 0.6) is 5.75 Å². The van der Waals surface area contributed by atoms with E-state index in [1.165, 1.54) is 66.6 Å². The lowest BCUT2D eigenvalue weighted by molar-refractivity contribution is -0.385. The summed E-state index contributed by atoms with van der Waals surface area (Å²) in [6, 6.07) is 14.8. The van der Waals surface area contributed by atoms with E-state index in [1.807, 2.05) is 0 Å². The number of amides is 1. The first-order chi connectivity index (χ1) is 15.6. The third-order valence-corrected chi connectivity index (χ3v) is 6.08. The topological polar surface area (TPSA) is 119 Å². The Morgan fingerprint density at radius 2 is 1.82 bits per heavy atom. The molecule has 11 heteroatoms. The molecule has 0 aromatic heterocycles. The van der Waals surface area contributed by atoms with Gasteiger partial charge in [-0.05, 0) is 48.0 Å². The van der Waals surface area contributed by atoms with E-state index in [0.717, 1.165) is 6.07 Å². The number of methoxy groups -OCH3 is 1. The van der Waals surface area contributed by atoms with Crippen LogP contribution in [-0.2, 0) is 16.6 Å². The SMILES string of the molecule is COc1ccc(CN(C)C(=O)c2ccc(NS(=O)(=O)c3cccc([N+](=O)[O-])c3)cc2)cc1F. The molecular formula is C22H20FN3O6S. The number of nitro benzene ring substituents is 1. The molecule has 0 saturated carbocycles. The van der Waals surface area contributed by atoms with Crippen LogP contribution < -0.4 is 9.46 Å². The van der Waals surface area contributed by atoms with Crippen LogP contribution in [-0.4, -0.2) is 38.3 Å². The van der Waals surface area contributed by atoms with Crippen molar-refractivity contribution in [2.24, 2.45) is 0 Å². The molecule has 0 bridgehead atoms. The first-order valence-electron chi connectivity index (χ1n) is 9.56. The number of non-ortho nitro benzene ring substituents is 1. The minimum absolute atomic E-state index is 0.107. The normalized spacial score (nSPS) is 11.0. The molecule has 0 aliphatic carbocycles. The summed E-state index contributed by atoms with van der Waals surface area (Å²) >= 11 is 0. The zero-order valence-electron chi connectivity index (χ0n) is 17.7. The van der Waals surface area contributed by atoms with Gasteiger partial charge in [-0.15, -0.1) is 0 Å². The molecule has 0 spiro atoms. The zero-order chi connectivity index (χ0) is 24.2. The highest BCUT2D eigenvalue weighted by atomic mass is 32.2. The van der Waals surface area contributed by atoms with Crippen LogP contribution in [0.25, 0.3) is 0 Å². The summed E-state index contributed by atoms with van der Waals surface area (Å²) in [4.78, 5) is 24.0. The van der Waals surface area contributed by atoms with Gasteiger partial charge in [-0.3, -0.25) is 19.6 Å². The molecule has 1 N–H and O–H groups in total. The Labute approximate surface area is 189 Å². The van der Waals surface area contributed by atoms with Gasteiger partial charge >= 0.3 is 0 Å². The van der Waals surface area contributed by atoms with Gasteiger partial charge in [-0.2, -0.15) is 0 Å². The monoisotopic (exact) mass is 473 g/mol. The van der Waals surface area contributed by atoms with Crippen LogP contribution in [0.15, 0.2) is 71.6 Å². The van der Waals surface area contributed by atoms with Gasteiger partial charge < -0.3 is 9.64 Å². The molecule has 172 valence electrons. The molecule has 1 amide bonds. The predicted molar refractivity (Wildman–Crippen MR) is 119 cm³/mol. The molecule has 0 unspecified atom stereocenters. The number of hydrogen-bond donors (Lipinski definition) is 1. The van der Waals surface area contributed by atoms with Crippen LogP contribution in [0, 0.1) is 15.9 Å². The van der Waals surface area contributed by atoms with Crippen molar-refractivity contribution in [1.82, 2.24) is 4.90 Å². The van der Waals surface area contributed by atoms with Crippen LogP contribution in [0.3, 0.4) is 0 Å². The highest BCUT2D eigenvalue weighted by molar-refractivity contribution is 7.92. The Kier molecular flexibility index (Phi) is 6.92. The van der Waals surface area contributed by atoms with E-state index in [9.17, 15) is 27.7 Å². The average molecular weight is 473 g/mol. The number of nitro groups is 1. The smallest absolute Gasteiger partial charge is 0.270 e. The number of halogens is 1. The third kappa shape index (κ3) is 5.63. The van der Waals surface area contributed by atoms with Crippen LogP contribution in [0.4, 0.5) is 15.8 Å². The highest BCUT2D eigenvalue weighted by Crippen LogP contribution is 2.22. The molecule has 0 fully saturated rings. The van der Waals surface area contributed by atoms with Gasteiger partial charge in [0.1, 0.15) is 0 Å². The second-order valence-electron chi connectivity index (χ2n) is 7.07. The lowest BCUT2D eigenvalue weighted by Gasteiger charge is -2.18. The van der Waals surface area contributed by atoms with Crippen LogP contribution in [0.1, 0.15) is 15.9 Å². The lowest BCUT2D eigenvalue weighted by atomic mass is 10.1. The number of carbonyl (C=O) groups is 1. The Hall–Kier alpha value is -3.99. The van der Waals surface area contributed by atoms with Gasteiger partial charge in [0.05, 0.1) is 16.9 Å². The summed E-state index contributed by atoms with van der Waals surface area (Å²) in [7, 11) is -1.14. The van der Waals surface area contributed by atoms with E-state index in [0.29, 0.717) is 11.1 Å². The minimum atomic E-state index is -4.06. The molecule has 0 heterocycles. The maximum atomic E-state index is 13.9. The molecule has 0 radical (unpaired) electrons. The Morgan fingerprint density at radius 1 is 1.12 bits per heavy atom. The van der Waals surface area contributed by atoms with Crippen molar-refractivity contribution in [1.29, 1.82) is 0 Å². The first kappa shape index (κ1) is 23.7. The fraction of sp³-hybridized carbons (Fsp3) is 0.136. The second kappa shape index (κ2) is 9.65. The number of nitrogens with one attached hydrogen (secondary N) is 1. The van der Waals surface area contributed by atoms with E-state index in [2.05, 4.69) is 4.72 Å². The molecule has 0 aliphatic rings. The molecule has 33 heavy (non-hydrogen) atoms. The molecule has 3 rings (SSSR count). The summed E-state index contributed by atoms with van der Waals surface area (Å²) in [5.41, 5.74) is 0.701. The molecule has 0 saturated heterocycles. The Morgan fingerprint density at radius 3 is 2.42 bits per heavy atom. The van der Waals surface area contributed by atoms with E-state index < -0.39 is 20.8 Å². The maximum absolute atomic E-state index is 13.9. The molecular weight excluding hydrogens is 453 g/mol. The van der Waals surface area contributed by atoms with Crippen molar-refractivity contribution in [3.8, 4) is 5.75 Å². The number of benzene rings is 3. The highest BCUT2D eigenvalue weighted by Gasteiger charge is 2.19. The van der Waals surface area contributed by atoms with Gasteiger partial charge in [0.25, 0.3) is 21.6 Å². The first-order valence-corrected chi connectivity index (χ1v) is 11.0. The fourth-order valence-corrected chi connectivity index (χ4v) is 4.13. The average Bonchev–Trinajstić information content (AvgIpc) is 2.79. The summed E-state index contributed by atoms with van der Waals surface area (Å²) in [6.45, 7) is 0.154. The van der Waals surface area contributed by atoms with Crippen LogP contribution >= 0.6 is 0 Å².